The molecule has 1 heterocycles. The molecule has 0 aromatic carbocycles. The van der Waals surface area contributed by atoms with E-state index >= 15 is 0 Å². The summed E-state index contributed by atoms with van der Waals surface area (Å²) < 4.78 is 63.0. The van der Waals surface area contributed by atoms with Crippen LogP contribution in [0.2, 0.25) is 0 Å². The van der Waals surface area contributed by atoms with Crippen molar-refractivity contribution >= 4 is 15.9 Å². The van der Waals surface area contributed by atoms with Crippen molar-refractivity contribution in [1.82, 2.24) is 4.98 Å². The number of rotatable bonds is 3. The van der Waals surface area contributed by atoms with E-state index in [1.165, 1.54) is 0 Å². The van der Waals surface area contributed by atoms with E-state index in [0.717, 1.165) is 6.07 Å². The highest BCUT2D eigenvalue weighted by Crippen LogP contribution is 2.38. The molecule has 0 aliphatic heterocycles. The van der Waals surface area contributed by atoms with E-state index < -0.39 is 30.5 Å². The first kappa shape index (κ1) is 14.3. The Labute approximate surface area is 102 Å². The lowest BCUT2D eigenvalue weighted by Gasteiger charge is -2.16. The van der Waals surface area contributed by atoms with E-state index in [-0.39, 0.29) is 16.6 Å². The second-order valence-corrected chi connectivity index (χ2v) is 3.68. The molecule has 1 aromatic rings. The fourth-order valence-corrected chi connectivity index (χ4v) is 1.79. The second-order valence-electron chi connectivity index (χ2n) is 3.12. The first-order valence-corrected chi connectivity index (χ1v) is 5.48. The lowest BCUT2D eigenvalue weighted by Crippen LogP contribution is -2.16. The van der Waals surface area contributed by atoms with Gasteiger partial charge in [0.2, 0.25) is 0 Å². The zero-order valence-corrected chi connectivity index (χ0v) is 9.82. The van der Waals surface area contributed by atoms with Crippen LogP contribution >= 0.6 is 15.9 Å². The summed E-state index contributed by atoms with van der Waals surface area (Å²) >= 11 is 2.79. The Morgan fingerprint density at radius 3 is 2.29 bits per heavy atom. The van der Waals surface area contributed by atoms with E-state index in [2.05, 4.69) is 20.9 Å². The number of aromatic nitrogens is 1. The molecule has 1 N–H and O–H groups in total. The topological polar surface area (TPSA) is 33.1 Å². The van der Waals surface area contributed by atoms with Gasteiger partial charge < -0.3 is 5.11 Å². The third-order valence-corrected chi connectivity index (χ3v) is 2.58. The summed E-state index contributed by atoms with van der Waals surface area (Å²) in [5, 5.41) is 8.50. The smallest absolute Gasteiger partial charge is 0.390 e. The van der Waals surface area contributed by atoms with Gasteiger partial charge in [0.05, 0.1) is 17.9 Å². The predicted molar refractivity (Wildman–Crippen MR) is 52.7 cm³/mol. The van der Waals surface area contributed by atoms with Crippen LogP contribution in [0.5, 0.6) is 0 Å². The summed E-state index contributed by atoms with van der Waals surface area (Å²) in [6.45, 7) is -0.697. The molecule has 1 aromatic heterocycles. The van der Waals surface area contributed by atoms with E-state index in [9.17, 15) is 22.0 Å². The number of aliphatic hydroxyl groups is 1. The summed E-state index contributed by atoms with van der Waals surface area (Å²) in [4.78, 5) is 3.12. The van der Waals surface area contributed by atoms with Crippen molar-refractivity contribution in [2.75, 3.05) is 0 Å². The Morgan fingerprint density at radius 1 is 1.35 bits per heavy atom. The highest BCUT2D eigenvalue weighted by Gasteiger charge is 2.39. The fraction of sp³-hybridized carbons (Fsp3) is 0.444. The number of hydrogen-bond acceptors (Lipinski definition) is 2. The van der Waals surface area contributed by atoms with E-state index in [1.807, 2.05) is 0 Å². The molecule has 0 saturated heterocycles. The lowest BCUT2D eigenvalue weighted by atomic mass is 10.1. The number of hydrogen-bond donors (Lipinski definition) is 1. The van der Waals surface area contributed by atoms with Crippen LogP contribution < -0.4 is 0 Å². The van der Waals surface area contributed by atoms with Gasteiger partial charge in [0.15, 0.2) is 0 Å². The van der Waals surface area contributed by atoms with Gasteiger partial charge in [0.1, 0.15) is 5.69 Å². The van der Waals surface area contributed by atoms with Crippen LogP contribution in [0.25, 0.3) is 0 Å². The molecule has 8 heteroatoms. The van der Waals surface area contributed by atoms with Crippen molar-refractivity contribution in [3.8, 4) is 0 Å². The summed E-state index contributed by atoms with van der Waals surface area (Å²) in [5.41, 5.74) is -3.38. The maximum absolute atomic E-state index is 12.6. The average Bonchev–Trinajstić information content (AvgIpc) is 2.25. The van der Waals surface area contributed by atoms with Crippen LogP contribution in [0.4, 0.5) is 22.0 Å². The Kier molecular flexibility index (Phi) is 4.42. The molecular formula is C9H7BrF5NO. The number of aliphatic hydroxyl groups excluding tert-OH is 1. The van der Waals surface area contributed by atoms with Gasteiger partial charge in [-0.1, -0.05) is 15.9 Å². The van der Waals surface area contributed by atoms with Gasteiger partial charge in [-0.15, -0.1) is 0 Å². The minimum absolute atomic E-state index is 0.220. The Balaban J connectivity index is 3.53. The number of halogens is 6. The molecule has 0 spiro atoms. The minimum atomic E-state index is -4.91. The van der Waals surface area contributed by atoms with Crippen molar-refractivity contribution < 1.29 is 27.1 Å². The van der Waals surface area contributed by atoms with Gasteiger partial charge in [-0.2, -0.15) is 13.2 Å². The molecule has 0 saturated carbocycles. The molecule has 1 rings (SSSR count). The van der Waals surface area contributed by atoms with Crippen molar-refractivity contribution in [2.45, 2.75) is 24.5 Å². The zero-order valence-electron chi connectivity index (χ0n) is 8.23. The van der Waals surface area contributed by atoms with Crippen LogP contribution in [-0.2, 0) is 18.1 Å². The first-order valence-electron chi connectivity index (χ1n) is 4.36. The van der Waals surface area contributed by atoms with Crippen LogP contribution in [0.15, 0.2) is 6.07 Å². The number of nitrogens with zero attached hydrogens (tertiary/aromatic N) is 1. The second kappa shape index (κ2) is 5.26. The summed E-state index contributed by atoms with van der Waals surface area (Å²) in [5.74, 6) is 0. The monoisotopic (exact) mass is 319 g/mol. The third-order valence-electron chi connectivity index (χ3n) is 1.98. The van der Waals surface area contributed by atoms with Gasteiger partial charge in [-0.05, 0) is 11.6 Å². The van der Waals surface area contributed by atoms with Crippen LogP contribution in [0, 0.1) is 0 Å². The molecule has 0 radical (unpaired) electrons. The van der Waals surface area contributed by atoms with E-state index in [4.69, 9.17) is 5.11 Å². The quantitative estimate of drug-likeness (QED) is 0.684. The SMILES string of the molecule is OCc1cc(CBr)c(C(F)(F)F)c(C(F)F)n1. The molecule has 0 amide bonds. The third kappa shape index (κ3) is 3.12. The van der Waals surface area contributed by atoms with Crippen molar-refractivity contribution in [1.29, 1.82) is 0 Å². The molecule has 17 heavy (non-hydrogen) atoms. The summed E-state index contributed by atoms with van der Waals surface area (Å²) in [7, 11) is 0. The summed E-state index contributed by atoms with van der Waals surface area (Å²) in [6, 6.07) is 0.948. The Hall–Kier alpha value is -0.760. The molecule has 0 atom stereocenters. The van der Waals surface area contributed by atoms with Gasteiger partial charge in [0.25, 0.3) is 6.43 Å². The fourth-order valence-electron chi connectivity index (χ4n) is 1.35. The summed E-state index contributed by atoms with van der Waals surface area (Å²) in [6.07, 6.45) is -8.26. The van der Waals surface area contributed by atoms with Crippen LogP contribution in [0.1, 0.15) is 28.9 Å². The van der Waals surface area contributed by atoms with Crippen molar-refractivity contribution in [2.24, 2.45) is 0 Å². The van der Waals surface area contributed by atoms with E-state index in [0.29, 0.717) is 0 Å². The maximum atomic E-state index is 12.6. The molecule has 0 bridgehead atoms. The van der Waals surface area contributed by atoms with Crippen molar-refractivity contribution in [3.05, 3.63) is 28.6 Å². The van der Waals surface area contributed by atoms with Crippen molar-refractivity contribution in [3.63, 3.8) is 0 Å². The predicted octanol–water partition coefficient (Wildman–Crippen LogP) is 3.43. The molecular weight excluding hydrogens is 313 g/mol. The molecule has 0 unspecified atom stereocenters. The number of pyridine rings is 1. The molecule has 96 valence electrons. The molecule has 0 fully saturated rings. The first-order chi connectivity index (χ1) is 7.81. The van der Waals surface area contributed by atoms with Gasteiger partial charge >= 0.3 is 6.18 Å². The van der Waals surface area contributed by atoms with Gasteiger partial charge in [-0.3, -0.25) is 0 Å². The normalized spacial score (nSPS) is 12.2. The Bertz CT molecular complexity index is 407. The minimum Gasteiger partial charge on any atom is -0.390 e. The standard InChI is InChI=1S/C9H7BrF5NO/c10-2-4-1-5(3-17)16-7(8(11)12)6(4)9(13,14)15/h1,8,17H,2-3H2. The Morgan fingerprint density at radius 2 is 1.94 bits per heavy atom. The highest BCUT2D eigenvalue weighted by atomic mass is 79.9. The average molecular weight is 320 g/mol. The van der Waals surface area contributed by atoms with Gasteiger partial charge in [-0.25, -0.2) is 13.8 Å². The molecule has 2 nitrogen and oxygen atoms in total. The van der Waals surface area contributed by atoms with Gasteiger partial charge in [0, 0.05) is 5.33 Å². The highest BCUT2D eigenvalue weighted by molar-refractivity contribution is 9.08. The maximum Gasteiger partial charge on any atom is 0.418 e. The van der Waals surface area contributed by atoms with Crippen LogP contribution in [0.3, 0.4) is 0 Å². The largest absolute Gasteiger partial charge is 0.418 e. The molecule has 0 aliphatic carbocycles. The zero-order chi connectivity index (χ0) is 13.2. The van der Waals surface area contributed by atoms with Crippen LogP contribution in [-0.4, -0.2) is 10.1 Å². The lowest BCUT2D eigenvalue weighted by molar-refractivity contribution is -0.140. The van der Waals surface area contributed by atoms with E-state index in [1.54, 1.807) is 0 Å². The molecule has 0 aliphatic rings. The number of alkyl halides is 6.